The van der Waals surface area contributed by atoms with Gasteiger partial charge in [-0.25, -0.2) is 13.4 Å². The molecule has 0 aliphatic carbocycles. The van der Waals surface area contributed by atoms with E-state index in [1.165, 1.54) is 6.07 Å². The van der Waals surface area contributed by atoms with Crippen LogP contribution in [0.5, 0.6) is 0 Å². The fourth-order valence-corrected chi connectivity index (χ4v) is 2.54. The van der Waals surface area contributed by atoms with Crippen LogP contribution in [0.3, 0.4) is 0 Å². The van der Waals surface area contributed by atoms with Crippen LogP contribution in [-0.4, -0.2) is 18.0 Å². The van der Waals surface area contributed by atoms with E-state index in [1.807, 2.05) is 24.5 Å². The summed E-state index contributed by atoms with van der Waals surface area (Å²) < 4.78 is 24.6. The monoisotopic (exact) mass is 284 g/mol. The molecular weight excluding hydrogens is 272 g/mol. The average molecular weight is 285 g/mol. The first-order valence-electron chi connectivity index (χ1n) is 5.46. The first-order chi connectivity index (χ1) is 8.39. The van der Waals surface area contributed by atoms with Gasteiger partial charge in [0.25, 0.3) is 9.05 Å². The van der Waals surface area contributed by atoms with Crippen LogP contribution in [0.25, 0.3) is 11.3 Å². The lowest BCUT2D eigenvalue weighted by Crippen LogP contribution is -2.01. The Labute approximate surface area is 111 Å². The number of hydrogen-bond donors (Lipinski definition) is 0. The molecule has 0 aliphatic rings. The second-order valence-corrected chi connectivity index (χ2v) is 6.81. The van der Waals surface area contributed by atoms with Crippen molar-refractivity contribution in [3.63, 3.8) is 0 Å². The second-order valence-electron chi connectivity index (χ2n) is 4.25. The summed E-state index contributed by atoms with van der Waals surface area (Å²) in [5.74, 6) is 0. The largest absolute Gasteiger partial charge is 0.328 e. The summed E-state index contributed by atoms with van der Waals surface area (Å²) in [5.41, 5.74) is 1.65. The Hall–Kier alpha value is -1.33. The first-order valence-corrected chi connectivity index (χ1v) is 7.77. The lowest BCUT2D eigenvalue weighted by Gasteiger charge is -2.12. The highest BCUT2D eigenvalue weighted by atomic mass is 35.7. The van der Waals surface area contributed by atoms with Gasteiger partial charge in [0.15, 0.2) is 0 Å². The highest BCUT2D eigenvalue weighted by molar-refractivity contribution is 8.13. The summed E-state index contributed by atoms with van der Waals surface area (Å²) in [5, 5.41) is 0. The van der Waals surface area contributed by atoms with Crippen molar-refractivity contribution < 1.29 is 8.42 Å². The molecule has 2 rings (SSSR count). The zero-order chi connectivity index (χ0) is 13.3. The van der Waals surface area contributed by atoms with E-state index in [2.05, 4.69) is 4.98 Å². The van der Waals surface area contributed by atoms with Gasteiger partial charge in [-0.05, 0) is 26.0 Å². The van der Waals surface area contributed by atoms with E-state index in [0.29, 0.717) is 0 Å². The number of hydrogen-bond acceptors (Lipinski definition) is 3. The van der Waals surface area contributed by atoms with Gasteiger partial charge in [-0.15, -0.1) is 0 Å². The Bertz CT molecular complexity index is 662. The summed E-state index contributed by atoms with van der Waals surface area (Å²) in [6.45, 7) is 4.07. The van der Waals surface area contributed by atoms with Gasteiger partial charge in [-0.2, -0.15) is 0 Å². The van der Waals surface area contributed by atoms with Crippen LogP contribution in [0.4, 0.5) is 0 Å². The van der Waals surface area contributed by atoms with E-state index in [9.17, 15) is 8.42 Å². The Kier molecular flexibility index (Phi) is 3.45. The summed E-state index contributed by atoms with van der Waals surface area (Å²) in [6.07, 6.45) is 3.43. The summed E-state index contributed by atoms with van der Waals surface area (Å²) in [6, 6.07) is 6.78. The van der Waals surface area contributed by atoms with E-state index in [0.717, 1.165) is 11.3 Å². The van der Waals surface area contributed by atoms with Crippen LogP contribution in [0.1, 0.15) is 19.9 Å². The van der Waals surface area contributed by atoms with Crippen molar-refractivity contribution in [2.45, 2.75) is 24.8 Å². The van der Waals surface area contributed by atoms with E-state index < -0.39 is 9.05 Å². The maximum atomic E-state index is 11.3. The Morgan fingerprint density at radius 3 is 2.67 bits per heavy atom. The molecule has 0 fully saturated rings. The maximum Gasteiger partial charge on any atom is 0.261 e. The SMILES string of the molecule is CC(C)n1cncc1-c1cccc(S(=O)(=O)Cl)c1. The highest BCUT2D eigenvalue weighted by Crippen LogP contribution is 2.25. The smallest absolute Gasteiger partial charge is 0.261 e. The zero-order valence-electron chi connectivity index (χ0n) is 10.0. The van der Waals surface area contributed by atoms with Gasteiger partial charge in [-0.3, -0.25) is 0 Å². The predicted molar refractivity (Wildman–Crippen MR) is 71.1 cm³/mol. The molecule has 96 valence electrons. The predicted octanol–water partition coefficient (Wildman–Crippen LogP) is 3.06. The minimum absolute atomic E-state index is 0.0955. The highest BCUT2D eigenvalue weighted by Gasteiger charge is 2.13. The average Bonchev–Trinajstić information content (AvgIpc) is 2.77. The van der Waals surface area contributed by atoms with Gasteiger partial charge in [0.05, 0.1) is 23.1 Å². The van der Waals surface area contributed by atoms with Gasteiger partial charge in [0.2, 0.25) is 0 Å². The minimum Gasteiger partial charge on any atom is -0.328 e. The fourth-order valence-electron chi connectivity index (χ4n) is 1.75. The molecule has 0 radical (unpaired) electrons. The van der Waals surface area contributed by atoms with Gasteiger partial charge >= 0.3 is 0 Å². The quantitative estimate of drug-likeness (QED) is 0.814. The molecule has 0 unspecified atom stereocenters. The Morgan fingerprint density at radius 2 is 2.06 bits per heavy atom. The lowest BCUT2D eigenvalue weighted by atomic mass is 10.1. The van der Waals surface area contributed by atoms with E-state index in [-0.39, 0.29) is 10.9 Å². The molecule has 1 aromatic heterocycles. The maximum absolute atomic E-state index is 11.3. The summed E-state index contributed by atoms with van der Waals surface area (Å²) in [7, 11) is 1.64. The van der Waals surface area contributed by atoms with Gasteiger partial charge in [-0.1, -0.05) is 12.1 Å². The topological polar surface area (TPSA) is 52.0 Å². The van der Waals surface area contributed by atoms with Crippen molar-refractivity contribution >= 4 is 19.7 Å². The molecule has 6 heteroatoms. The van der Waals surface area contributed by atoms with Crippen molar-refractivity contribution in [2.75, 3.05) is 0 Å². The van der Waals surface area contributed by atoms with Crippen LogP contribution < -0.4 is 0 Å². The molecule has 0 aliphatic heterocycles. The number of aromatic nitrogens is 2. The normalized spacial score (nSPS) is 12.0. The summed E-state index contributed by atoms with van der Waals surface area (Å²) in [4.78, 5) is 4.19. The van der Waals surface area contributed by atoms with E-state index in [1.54, 1.807) is 24.7 Å². The molecule has 18 heavy (non-hydrogen) atoms. The number of benzene rings is 1. The molecule has 0 saturated carbocycles. The number of nitrogens with zero attached hydrogens (tertiary/aromatic N) is 2. The van der Waals surface area contributed by atoms with Crippen molar-refractivity contribution in [2.24, 2.45) is 0 Å². The van der Waals surface area contributed by atoms with Crippen LogP contribution in [0.15, 0.2) is 41.7 Å². The van der Waals surface area contributed by atoms with Crippen molar-refractivity contribution in [3.8, 4) is 11.3 Å². The Balaban J connectivity index is 2.55. The molecule has 4 nitrogen and oxygen atoms in total. The molecule has 0 saturated heterocycles. The molecule has 1 aromatic carbocycles. The lowest BCUT2D eigenvalue weighted by molar-refractivity contribution is 0.605. The van der Waals surface area contributed by atoms with E-state index >= 15 is 0 Å². The summed E-state index contributed by atoms with van der Waals surface area (Å²) >= 11 is 0. The van der Waals surface area contributed by atoms with Crippen LogP contribution in [0.2, 0.25) is 0 Å². The number of rotatable bonds is 3. The molecule has 0 N–H and O–H groups in total. The minimum atomic E-state index is -3.71. The molecule has 0 spiro atoms. The van der Waals surface area contributed by atoms with Gasteiger partial charge < -0.3 is 4.57 Å². The van der Waals surface area contributed by atoms with Crippen LogP contribution in [-0.2, 0) is 9.05 Å². The second kappa shape index (κ2) is 4.74. The standard InChI is InChI=1S/C12H13ClN2O2S/c1-9(2)15-8-14-7-12(15)10-4-3-5-11(6-10)18(13,16)17/h3-9H,1-2H3. The van der Waals surface area contributed by atoms with Gasteiger partial charge in [0.1, 0.15) is 0 Å². The molecule has 0 bridgehead atoms. The molecule has 0 atom stereocenters. The van der Waals surface area contributed by atoms with Crippen molar-refractivity contribution in [1.29, 1.82) is 0 Å². The van der Waals surface area contributed by atoms with Crippen LogP contribution in [0, 0.1) is 0 Å². The first kappa shape index (κ1) is 13.1. The fraction of sp³-hybridized carbons (Fsp3) is 0.250. The van der Waals surface area contributed by atoms with Crippen molar-refractivity contribution in [3.05, 3.63) is 36.8 Å². The third kappa shape index (κ3) is 2.57. The molecule has 0 amide bonds. The molecule has 1 heterocycles. The van der Waals surface area contributed by atoms with Crippen molar-refractivity contribution in [1.82, 2.24) is 9.55 Å². The van der Waals surface area contributed by atoms with E-state index in [4.69, 9.17) is 10.7 Å². The molecular formula is C12H13ClN2O2S. The zero-order valence-corrected chi connectivity index (χ0v) is 11.6. The number of imidazole rings is 1. The number of halogens is 1. The Morgan fingerprint density at radius 1 is 1.33 bits per heavy atom. The molecule has 2 aromatic rings. The third-order valence-electron chi connectivity index (χ3n) is 2.63. The third-order valence-corrected chi connectivity index (χ3v) is 3.99. The van der Waals surface area contributed by atoms with Crippen LogP contribution >= 0.6 is 10.7 Å². The van der Waals surface area contributed by atoms with Gasteiger partial charge in [0, 0.05) is 22.3 Å².